The van der Waals surface area contributed by atoms with Gasteiger partial charge >= 0.3 is 12.0 Å². The average Bonchev–Trinajstić information content (AvgIpc) is 2.13. The molecule has 0 fully saturated rings. The molecule has 0 spiro atoms. The molecular formula is C8H15N3O4. The zero-order valence-electron chi connectivity index (χ0n) is 8.74. The highest BCUT2D eigenvalue weighted by Gasteiger charge is 2.12. The lowest BCUT2D eigenvalue weighted by atomic mass is 10.5. The van der Waals surface area contributed by atoms with Crippen LogP contribution in [0, 0.1) is 0 Å². The fourth-order valence-corrected chi connectivity index (χ4v) is 0.825. The minimum atomic E-state index is -1.11. The van der Waals surface area contributed by atoms with Gasteiger partial charge in [-0.25, -0.2) is 4.79 Å². The largest absolute Gasteiger partial charge is 0.480 e. The highest BCUT2D eigenvalue weighted by Crippen LogP contribution is 1.83. The molecule has 7 nitrogen and oxygen atoms in total. The van der Waals surface area contributed by atoms with Crippen LogP contribution in [0.4, 0.5) is 4.79 Å². The Kier molecular flexibility index (Phi) is 5.84. The zero-order chi connectivity index (χ0) is 11.8. The molecule has 0 aliphatic carbocycles. The van der Waals surface area contributed by atoms with Crippen LogP contribution < -0.4 is 10.6 Å². The topological polar surface area (TPSA) is 98.7 Å². The molecule has 3 amide bonds. The van der Waals surface area contributed by atoms with E-state index in [0.29, 0.717) is 6.54 Å². The number of hydrogen-bond acceptors (Lipinski definition) is 3. The van der Waals surface area contributed by atoms with Gasteiger partial charge in [0.2, 0.25) is 5.91 Å². The Hall–Kier alpha value is -1.79. The van der Waals surface area contributed by atoms with E-state index in [2.05, 4.69) is 10.6 Å². The lowest BCUT2D eigenvalue weighted by Crippen LogP contribution is -2.44. The summed E-state index contributed by atoms with van der Waals surface area (Å²) in [6.07, 6.45) is 0. The van der Waals surface area contributed by atoms with E-state index in [1.54, 1.807) is 6.92 Å². The first-order valence-electron chi connectivity index (χ1n) is 4.44. The molecule has 86 valence electrons. The van der Waals surface area contributed by atoms with E-state index in [1.807, 2.05) is 0 Å². The molecule has 0 heterocycles. The Balaban J connectivity index is 3.82. The smallest absolute Gasteiger partial charge is 0.323 e. The number of hydrogen-bond donors (Lipinski definition) is 3. The molecule has 0 rings (SSSR count). The third kappa shape index (κ3) is 6.30. The van der Waals surface area contributed by atoms with E-state index in [9.17, 15) is 14.4 Å². The van der Waals surface area contributed by atoms with E-state index < -0.39 is 18.5 Å². The van der Waals surface area contributed by atoms with Crippen LogP contribution in [0.25, 0.3) is 0 Å². The van der Waals surface area contributed by atoms with Gasteiger partial charge in [-0.1, -0.05) is 0 Å². The van der Waals surface area contributed by atoms with Crippen molar-refractivity contribution >= 4 is 17.9 Å². The summed E-state index contributed by atoms with van der Waals surface area (Å²) in [7, 11) is 1.33. The quantitative estimate of drug-likeness (QED) is 0.541. The molecule has 0 aromatic heterocycles. The second-order valence-corrected chi connectivity index (χ2v) is 2.86. The van der Waals surface area contributed by atoms with Crippen molar-refractivity contribution in [3.8, 4) is 0 Å². The molecule has 0 atom stereocenters. The van der Waals surface area contributed by atoms with Crippen molar-refractivity contribution < 1.29 is 19.5 Å². The van der Waals surface area contributed by atoms with Crippen molar-refractivity contribution in [1.29, 1.82) is 0 Å². The number of aliphatic carboxylic acids is 1. The normalized spacial score (nSPS) is 9.20. The molecule has 15 heavy (non-hydrogen) atoms. The van der Waals surface area contributed by atoms with Crippen molar-refractivity contribution in [1.82, 2.24) is 15.5 Å². The van der Waals surface area contributed by atoms with Crippen molar-refractivity contribution in [2.75, 3.05) is 26.7 Å². The summed E-state index contributed by atoms with van der Waals surface area (Å²) in [6.45, 7) is 1.69. The summed E-state index contributed by atoms with van der Waals surface area (Å²) in [5.74, 6) is -1.42. The molecule has 0 saturated carbocycles. The van der Waals surface area contributed by atoms with Gasteiger partial charge in [0.25, 0.3) is 0 Å². The van der Waals surface area contributed by atoms with Crippen molar-refractivity contribution in [2.45, 2.75) is 6.92 Å². The van der Waals surface area contributed by atoms with Gasteiger partial charge in [0.15, 0.2) is 0 Å². The monoisotopic (exact) mass is 217 g/mol. The van der Waals surface area contributed by atoms with Crippen LogP contribution in [0.3, 0.4) is 0 Å². The van der Waals surface area contributed by atoms with Crippen LogP contribution in [-0.4, -0.2) is 54.6 Å². The molecule has 0 aromatic rings. The zero-order valence-corrected chi connectivity index (χ0v) is 8.74. The predicted octanol–water partition coefficient (Wildman–Crippen LogP) is -1.15. The first-order chi connectivity index (χ1) is 6.97. The van der Waals surface area contributed by atoms with Crippen molar-refractivity contribution in [2.24, 2.45) is 0 Å². The molecule has 0 saturated heterocycles. The maximum absolute atomic E-state index is 11.2. The number of likely N-dealkylation sites (N-methyl/N-ethyl adjacent to an activating group) is 2. The minimum absolute atomic E-state index is 0.156. The van der Waals surface area contributed by atoms with E-state index in [0.717, 1.165) is 4.90 Å². The highest BCUT2D eigenvalue weighted by molar-refractivity contribution is 5.85. The van der Waals surface area contributed by atoms with E-state index in [1.165, 1.54) is 7.05 Å². The minimum Gasteiger partial charge on any atom is -0.480 e. The van der Waals surface area contributed by atoms with Gasteiger partial charge in [-0.3, -0.25) is 9.59 Å². The van der Waals surface area contributed by atoms with Crippen molar-refractivity contribution in [3.05, 3.63) is 0 Å². The molecule has 0 aromatic carbocycles. The number of carbonyl (C=O) groups excluding carboxylic acids is 2. The second-order valence-electron chi connectivity index (χ2n) is 2.86. The third-order valence-electron chi connectivity index (χ3n) is 1.49. The maximum atomic E-state index is 11.2. The standard InChI is InChI=1S/C8H15N3O4/c1-3-9-6(12)4-10-8(15)11(2)5-7(13)14/h3-5H2,1-2H3,(H,9,12)(H,10,15)(H,13,14). The Morgan fingerprint density at radius 1 is 1.27 bits per heavy atom. The molecule has 0 radical (unpaired) electrons. The fraction of sp³-hybridized carbons (Fsp3) is 0.625. The van der Waals surface area contributed by atoms with Gasteiger partial charge in [0, 0.05) is 13.6 Å². The summed E-state index contributed by atoms with van der Waals surface area (Å²) in [5, 5.41) is 13.2. The first-order valence-corrected chi connectivity index (χ1v) is 4.44. The van der Waals surface area contributed by atoms with Crippen LogP contribution in [-0.2, 0) is 9.59 Å². The molecule has 0 aliphatic heterocycles. The number of carbonyl (C=O) groups is 3. The number of carboxylic acids is 1. The summed E-state index contributed by atoms with van der Waals surface area (Å²) < 4.78 is 0. The van der Waals surface area contributed by atoms with Gasteiger partial charge in [-0.05, 0) is 6.92 Å². The molecule has 7 heteroatoms. The van der Waals surface area contributed by atoms with E-state index in [-0.39, 0.29) is 12.5 Å². The van der Waals surface area contributed by atoms with Crippen LogP contribution in [0.2, 0.25) is 0 Å². The number of amides is 3. The predicted molar refractivity (Wildman–Crippen MR) is 52.3 cm³/mol. The third-order valence-corrected chi connectivity index (χ3v) is 1.49. The Labute approximate surface area is 87.4 Å². The number of carboxylic acid groups (broad SMARTS) is 1. The Morgan fingerprint density at radius 2 is 1.87 bits per heavy atom. The lowest BCUT2D eigenvalue weighted by molar-refractivity contribution is -0.137. The van der Waals surface area contributed by atoms with Crippen LogP contribution in [0.5, 0.6) is 0 Å². The summed E-state index contributed by atoms with van der Waals surface area (Å²) in [6, 6.07) is -0.594. The van der Waals surface area contributed by atoms with Crippen LogP contribution in [0.1, 0.15) is 6.92 Å². The number of urea groups is 1. The number of nitrogens with one attached hydrogen (secondary N) is 2. The van der Waals surface area contributed by atoms with Crippen LogP contribution >= 0.6 is 0 Å². The number of nitrogens with zero attached hydrogens (tertiary/aromatic N) is 1. The summed E-state index contributed by atoms with van der Waals surface area (Å²) >= 11 is 0. The maximum Gasteiger partial charge on any atom is 0.323 e. The molecule has 0 unspecified atom stereocenters. The highest BCUT2D eigenvalue weighted by atomic mass is 16.4. The SMILES string of the molecule is CCNC(=O)CNC(=O)N(C)CC(=O)O. The fourth-order valence-electron chi connectivity index (χ4n) is 0.825. The van der Waals surface area contributed by atoms with E-state index in [4.69, 9.17) is 5.11 Å². The Bertz CT molecular complexity index is 254. The average molecular weight is 217 g/mol. The summed E-state index contributed by atoms with van der Waals surface area (Å²) in [5.41, 5.74) is 0. The van der Waals surface area contributed by atoms with Crippen LogP contribution in [0.15, 0.2) is 0 Å². The Morgan fingerprint density at radius 3 is 2.33 bits per heavy atom. The van der Waals surface area contributed by atoms with Gasteiger partial charge in [0.05, 0.1) is 6.54 Å². The molecule has 3 N–H and O–H groups in total. The first kappa shape index (κ1) is 13.2. The molecular weight excluding hydrogens is 202 g/mol. The molecule has 0 bridgehead atoms. The second kappa shape index (κ2) is 6.63. The van der Waals surface area contributed by atoms with Gasteiger partial charge < -0.3 is 20.6 Å². The lowest BCUT2D eigenvalue weighted by Gasteiger charge is -2.15. The molecule has 0 aliphatic rings. The number of rotatable bonds is 5. The van der Waals surface area contributed by atoms with Gasteiger partial charge in [0.1, 0.15) is 6.54 Å². The van der Waals surface area contributed by atoms with Crippen molar-refractivity contribution in [3.63, 3.8) is 0 Å². The van der Waals surface area contributed by atoms with Gasteiger partial charge in [-0.2, -0.15) is 0 Å². The summed E-state index contributed by atoms with van der Waals surface area (Å²) in [4.78, 5) is 33.3. The van der Waals surface area contributed by atoms with Gasteiger partial charge in [-0.15, -0.1) is 0 Å². The van der Waals surface area contributed by atoms with E-state index >= 15 is 0 Å².